The molecule has 1 amide bonds. The second kappa shape index (κ2) is 6.27. The molecule has 17 heavy (non-hydrogen) atoms. The van der Waals surface area contributed by atoms with E-state index in [0.717, 1.165) is 0 Å². The number of hydrogen-bond donors (Lipinski definition) is 0. The Hall–Kier alpha value is -1.52. The minimum atomic E-state index is -0.398. The van der Waals surface area contributed by atoms with E-state index in [-0.39, 0.29) is 24.6 Å². The summed E-state index contributed by atoms with van der Waals surface area (Å²) in [4.78, 5) is 24.6. The summed E-state index contributed by atoms with van der Waals surface area (Å²) in [5, 5.41) is 0. The maximum absolute atomic E-state index is 11.6. The van der Waals surface area contributed by atoms with Crippen molar-refractivity contribution in [2.75, 3.05) is 19.7 Å². The molecule has 1 unspecified atom stereocenters. The predicted molar refractivity (Wildman–Crippen MR) is 62.5 cm³/mol. The summed E-state index contributed by atoms with van der Waals surface area (Å²) >= 11 is 0. The third-order valence-electron chi connectivity index (χ3n) is 2.46. The van der Waals surface area contributed by atoms with E-state index in [1.165, 1.54) is 11.0 Å². The lowest BCUT2D eigenvalue weighted by atomic mass is 10.1. The Morgan fingerprint density at radius 3 is 2.82 bits per heavy atom. The van der Waals surface area contributed by atoms with Gasteiger partial charge in [0.05, 0.1) is 12.0 Å². The van der Waals surface area contributed by atoms with Crippen LogP contribution in [0, 0.1) is 5.92 Å². The van der Waals surface area contributed by atoms with Crippen LogP contribution < -0.4 is 0 Å². The molecule has 96 valence electrons. The number of ether oxygens (including phenoxy) is 2. The zero-order chi connectivity index (χ0) is 12.8. The molecular weight excluding hydrogens is 222 g/mol. The molecule has 5 heteroatoms. The lowest BCUT2D eigenvalue weighted by molar-refractivity contribution is -0.151. The van der Waals surface area contributed by atoms with Gasteiger partial charge in [0.15, 0.2) is 0 Å². The van der Waals surface area contributed by atoms with E-state index in [0.29, 0.717) is 19.5 Å². The highest BCUT2D eigenvalue weighted by Gasteiger charge is 2.33. The fraction of sp³-hybridized carbons (Fsp3) is 0.667. The zero-order valence-electron chi connectivity index (χ0n) is 10.3. The molecule has 0 spiro atoms. The lowest BCUT2D eigenvalue weighted by Crippen LogP contribution is -2.31. The van der Waals surface area contributed by atoms with Gasteiger partial charge in [-0.25, -0.2) is 4.79 Å². The fourth-order valence-electron chi connectivity index (χ4n) is 1.67. The molecule has 1 saturated heterocycles. The van der Waals surface area contributed by atoms with Crippen molar-refractivity contribution in [3.05, 3.63) is 12.7 Å². The molecule has 1 aliphatic heterocycles. The van der Waals surface area contributed by atoms with Crippen molar-refractivity contribution in [3.8, 4) is 0 Å². The van der Waals surface area contributed by atoms with E-state index < -0.39 is 6.09 Å². The molecule has 1 rings (SSSR count). The minimum absolute atomic E-state index is 0.121. The van der Waals surface area contributed by atoms with Gasteiger partial charge in [-0.15, -0.1) is 0 Å². The normalized spacial score (nSPS) is 19.2. The number of esters is 1. The average molecular weight is 241 g/mol. The molecule has 0 aromatic rings. The van der Waals surface area contributed by atoms with Crippen LogP contribution in [0.25, 0.3) is 0 Å². The topological polar surface area (TPSA) is 55.8 Å². The standard InChI is InChI=1S/C12H19NO4/c1-4-7-16-12(15)13-6-5-10(8-13)11(14)17-9(2)3/h4,9-10H,1,5-8H2,2-3H3. The molecule has 1 heterocycles. The Kier molecular flexibility index (Phi) is 5.00. The van der Waals surface area contributed by atoms with Gasteiger partial charge in [0.1, 0.15) is 6.61 Å². The molecule has 0 aromatic carbocycles. The van der Waals surface area contributed by atoms with Crippen LogP contribution in [-0.4, -0.2) is 42.8 Å². The number of nitrogens with zero attached hydrogens (tertiary/aromatic N) is 1. The molecular formula is C12H19NO4. The first-order valence-electron chi connectivity index (χ1n) is 5.77. The van der Waals surface area contributed by atoms with Gasteiger partial charge in [0.2, 0.25) is 0 Å². The molecule has 1 aliphatic rings. The second-order valence-electron chi connectivity index (χ2n) is 4.28. The molecule has 1 fully saturated rings. The molecule has 1 atom stereocenters. The van der Waals surface area contributed by atoms with E-state index in [1.807, 2.05) is 13.8 Å². The summed E-state index contributed by atoms with van der Waals surface area (Å²) in [6.45, 7) is 8.19. The van der Waals surface area contributed by atoms with Gasteiger partial charge in [0, 0.05) is 13.1 Å². The number of amides is 1. The average Bonchev–Trinajstić information content (AvgIpc) is 2.74. The molecule has 0 aliphatic carbocycles. The third-order valence-corrected chi connectivity index (χ3v) is 2.46. The van der Waals surface area contributed by atoms with Crippen molar-refractivity contribution in [1.29, 1.82) is 0 Å². The Bertz CT molecular complexity index is 301. The Labute approximate surface area is 101 Å². The first-order valence-corrected chi connectivity index (χ1v) is 5.77. The van der Waals surface area contributed by atoms with Crippen LogP contribution in [0.15, 0.2) is 12.7 Å². The molecule has 0 saturated carbocycles. The van der Waals surface area contributed by atoms with Crippen molar-refractivity contribution < 1.29 is 19.1 Å². The van der Waals surface area contributed by atoms with E-state index in [1.54, 1.807) is 0 Å². The van der Waals surface area contributed by atoms with Crippen LogP contribution in [0.2, 0.25) is 0 Å². The summed E-state index contributed by atoms with van der Waals surface area (Å²) in [5.74, 6) is -0.465. The van der Waals surface area contributed by atoms with E-state index in [9.17, 15) is 9.59 Å². The second-order valence-corrected chi connectivity index (χ2v) is 4.28. The van der Waals surface area contributed by atoms with Gasteiger partial charge in [-0.2, -0.15) is 0 Å². The highest BCUT2D eigenvalue weighted by Crippen LogP contribution is 2.19. The minimum Gasteiger partial charge on any atom is -0.463 e. The number of likely N-dealkylation sites (tertiary alicyclic amines) is 1. The first kappa shape index (κ1) is 13.5. The van der Waals surface area contributed by atoms with Gasteiger partial charge in [-0.3, -0.25) is 4.79 Å². The van der Waals surface area contributed by atoms with Crippen LogP contribution in [0.1, 0.15) is 20.3 Å². The van der Waals surface area contributed by atoms with Crippen LogP contribution >= 0.6 is 0 Å². The Morgan fingerprint density at radius 1 is 1.53 bits per heavy atom. The number of hydrogen-bond acceptors (Lipinski definition) is 4. The van der Waals surface area contributed by atoms with Crippen molar-refractivity contribution >= 4 is 12.1 Å². The molecule has 5 nitrogen and oxygen atoms in total. The summed E-state index contributed by atoms with van der Waals surface area (Å²) in [7, 11) is 0. The van der Waals surface area contributed by atoms with Crippen molar-refractivity contribution in [3.63, 3.8) is 0 Å². The molecule has 0 N–H and O–H groups in total. The van der Waals surface area contributed by atoms with Gasteiger partial charge in [0.25, 0.3) is 0 Å². The van der Waals surface area contributed by atoms with Crippen molar-refractivity contribution in [2.24, 2.45) is 5.92 Å². The van der Waals surface area contributed by atoms with Gasteiger partial charge in [-0.05, 0) is 20.3 Å². The van der Waals surface area contributed by atoms with Gasteiger partial charge < -0.3 is 14.4 Å². The quantitative estimate of drug-likeness (QED) is 0.554. The maximum atomic E-state index is 11.6. The first-order chi connectivity index (χ1) is 8.04. The van der Waals surface area contributed by atoms with Crippen molar-refractivity contribution in [2.45, 2.75) is 26.4 Å². The Morgan fingerprint density at radius 2 is 2.24 bits per heavy atom. The number of rotatable bonds is 4. The van der Waals surface area contributed by atoms with Gasteiger partial charge >= 0.3 is 12.1 Å². The summed E-state index contributed by atoms with van der Waals surface area (Å²) in [6, 6.07) is 0. The van der Waals surface area contributed by atoms with E-state index in [4.69, 9.17) is 9.47 Å². The molecule has 0 radical (unpaired) electrons. The van der Waals surface area contributed by atoms with Crippen LogP contribution in [0.4, 0.5) is 4.79 Å². The maximum Gasteiger partial charge on any atom is 0.410 e. The summed E-state index contributed by atoms with van der Waals surface area (Å²) in [5.41, 5.74) is 0. The summed E-state index contributed by atoms with van der Waals surface area (Å²) in [6.07, 6.45) is 1.63. The Balaban J connectivity index is 2.38. The third kappa shape index (κ3) is 4.09. The highest BCUT2D eigenvalue weighted by molar-refractivity contribution is 5.75. The lowest BCUT2D eigenvalue weighted by Gasteiger charge is -2.16. The monoisotopic (exact) mass is 241 g/mol. The fourth-order valence-corrected chi connectivity index (χ4v) is 1.67. The number of carbonyl (C=O) groups excluding carboxylic acids is 2. The smallest absolute Gasteiger partial charge is 0.410 e. The molecule has 0 aromatic heterocycles. The number of carbonyl (C=O) groups is 2. The predicted octanol–water partition coefficient (Wildman–Crippen LogP) is 1.58. The SMILES string of the molecule is C=CCOC(=O)N1CCC(C(=O)OC(C)C)C1. The largest absolute Gasteiger partial charge is 0.463 e. The van der Waals surface area contributed by atoms with Crippen LogP contribution in [0.5, 0.6) is 0 Å². The zero-order valence-corrected chi connectivity index (χ0v) is 10.3. The highest BCUT2D eigenvalue weighted by atomic mass is 16.6. The summed E-state index contributed by atoms with van der Waals surface area (Å²) < 4.78 is 10.0. The van der Waals surface area contributed by atoms with Crippen molar-refractivity contribution in [1.82, 2.24) is 4.90 Å². The van der Waals surface area contributed by atoms with Crippen LogP contribution in [0.3, 0.4) is 0 Å². The van der Waals surface area contributed by atoms with E-state index >= 15 is 0 Å². The van der Waals surface area contributed by atoms with Gasteiger partial charge in [-0.1, -0.05) is 12.7 Å². The molecule has 0 bridgehead atoms. The van der Waals surface area contributed by atoms with E-state index in [2.05, 4.69) is 6.58 Å². The van der Waals surface area contributed by atoms with Crippen LogP contribution in [-0.2, 0) is 14.3 Å².